The first-order valence-corrected chi connectivity index (χ1v) is 7.49. The molecule has 0 bridgehead atoms. The molecule has 0 radical (unpaired) electrons. The van der Waals surface area contributed by atoms with Crippen molar-refractivity contribution in [1.82, 2.24) is 14.8 Å². The lowest BCUT2D eigenvalue weighted by molar-refractivity contribution is -0.384. The summed E-state index contributed by atoms with van der Waals surface area (Å²) in [5.41, 5.74) is 0.503. The molecule has 1 N–H and O–H groups in total. The van der Waals surface area contributed by atoms with Gasteiger partial charge in [0.15, 0.2) is 0 Å². The third-order valence-electron chi connectivity index (χ3n) is 4.88. The molecule has 0 unspecified atom stereocenters. The lowest BCUT2D eigenvalue weighted by Crippen LogP contribution is -2.33. The van der Waals surface area contributed by atoms with Crippen molar-refractivity contribution < 1.29 is 9.72 Å². The number of nitro groups is 1. The van der Waals surface area contributed by atoms with Gasteiger partial charge in [-0.15, -0.1) is 0 Å². The van der Waals surface area contributed by atoms with Gasteiger partial charge in [-0.3, -0.25) is 14.9 Å². The maximum absolute atomic E-state index is 12.7. The molecule has 3 fully saturated rings. The molecule has 112 valence electrons. The van der Waals surface area contributed by atoms with Crippen molar-refractivity contribution in [2.75, 3.05) is 26.2 Å². The smallest absolute Gasteiger partial charge is 0.287 e. The van der Waals surface area contributed by atoms with Gasteiger partial charge in [0.25, 0.3) is 11.6 Å². The van der Waals surface area contributed by atoms with Crippen LogP contribution in [0.3, 0.4) is 0 Å². The second-order valence-electron chi connectivity index (χ2n) is 6.37. The Bertz CT molecular complexity index is 595. The lowest BCUT2D eigenvalue weighted by Gasteiger charge is -2.18. The van der Waals surface area contributed by atoms with Crippen molar-refractivity contribution in [3.05, 3.63) is 28.1 Å². The van der Waals surface area contributed by atoms with E-state index in [0.29, 0.717) is 17.5 Å². The van der Waals surface area contributed by atoms with E-state index in [1.54, 1.807) is 0 Å². The second kappa shape index (κ2) is 4.56. The summed E-state index contributed by atoms with van der Waals surface area (Å²) in [4.78, 5) is 25.2. The van der Waals surface area contributed by atoms with Gasteiger partial charge in [-0.05, 0) is 24.7 Å². The molecule has 7 nitrogen and oxygen atoms in total. The molecule has 1 aromatic heterocycles. The van der Waals surface area contributed by atoms with Crippen LogP contribution in [0.25, 0.3) is 0 Å². The number of fused-ring (bicyclic) bond motifs is 1. The molecule has 1 aromatic rings. The van der Waals surface area contributed by atoms with Gasteiger partial charge >= 0.3 is 0 Å². The molecule has 1 saturated carbocycles. The van der Waals surface area contributed by atoms with Crippen molar-refractivity contribution in [2.24, 2.45) is 11.8 Å². The number of amides is 1. The van der Waals surface area contributed by atoms with Crippen molar-refractivity contribution >= 4 is 11.6 Å². The molecule has 21 heavy (non-hydrogen) atoms. The van der Waals surface area contributed by atoms with E-state index >= 15 is 0 Å². The van der Waals surface area contributed by atoms with Crippen molar-refractivity contribution in [3.8, 4) is 0 Å². The zero-order valence-electron chi connectivity index (χ0n) is 11.7. The Morgan fingerprint density at radius 2 is 1.95 bits per heavy atom. The molecule has 3 aliphatic rings. The molecule has 3 heterocycles. The number of rotatable bonds is 3. The summed E-state index contributed by atoms with van der Waals surface area (Å²) < 4.78 is 1.81. The fraction of sp³-hybridized carbons (Fsp3) is 0.643. The van der Waals surface area contributed by atoms with E-state index in [-0.39, 0.29) is 17.6 Å². The van der Waals surface area contributed by atoms with Gasteiger partial charge in [0, 0.05) is 38.3 Å². The summed E-state index contributed by atoms with van der Waals surface area (Å²) in [5.74, 6) is 1.02. The maximum atomic E-state index is 12.7. The average molecular weight is 290 g/mol. The quantitative estimate of drug-likeness (QED) is 0.666. The van der Waals surface area contributed by atoms with Crippen molar-refractivity contribution in [1.29, 1.82) is 0 Å². The second-order valence-corrected chi connectivity index (χ2v) is 6.37. The number of hydrogen-bond acceptors (Lipinski definition) is 4. The van der Waals surface area contributed by atoms with E-state index in [1.807, 2.05) is 9.47 Å². The Morgan fingerprint density at radius 1 is 1.29 bits per heavy atom. The molecular formula is C14H18N4O3. The zero-order valence-corrected chi connectivity index (χ0v) is 11.7. The minimum atomic E-state index is -0.418. The van der Waals surface area contributed by atoms with Gasteiger partial charge in [-0.25, -0.2) is 0 Å². The Labute approximate surface area is 122 Å². The van der Waals surface area contributed by atoms with E-state index in [2.05, 4.69) is 5.32 Å². The SMILES string of the molecule is O=C(c1cc([N+](=O)[O-])cn1C1CC1)N1C[C@H]2CNC[C@H]2C1. The molecule has 2 atom stereocenters. The predicted octanol–water partition coefficient (Wildman–Crippen LogP) is 1.02. The van der Waals surface area contributed by atoms with E-state index in [0.717, 1.165) is 39.0 Å². The first-order chi connectivity index (χ1) is 10.1. The van der Waals surface area contributed by atoms with Crippen molar-refractivity contribution in [2.45, 2.75) is 18.9 Å². The standard InChI is InChI=1S/C14H18N4O3/c19-14(16-6-9-4-15-5-10(9)7-16)13-3-12(18(20)21)8-17(13)11-1-2-11/h3,8-11,15H,1-2,4-7H2/t9-,10+. The highest BCUT2D eigenvalue weighted by Gasteiger charge is 2.40. The molecule has 4 rings (SSSR count). The van der Waals surface area contributed by atoms with Crippen LogP contribution in [0.2, 0.25) is 0 Å². The highest BCUT2D eigenvalue weighted by Crippen LogP contribution is 2.38. The third kappa shape index (κ3) is 2.12. The summed E-state index contributed by atoms with van der Waals surface area (Å²) in [5, 5.41) is 14.3. The highest BCUT2D eigenvalue weighted by molar-refractivity contribution is 5.94. The minimum absolute atomic E-state index is 0.0197. The fourth-order valence-electron chi connectivity index (χ4n) is 3.57. The molecule has 2 aliphatic heterocycles. The van der Waals surface area contributed by atoms with Crippen LogP contribution in [0.1, 0.15) is 29.4 Å². The number of carbonyl (C=O) groups excluding carboxylic acids is 1. The lowest BCUT2D eigenvalue weighted by atomic mass is 10.0. The normalized spacial score (nSPS) is 27.9. The van der Waals surface area contributed by atoms with Gasteiger partial charge < -0.3 is 14.8 Å². The van der Waals surface area contributed by atoms with Crippen LogP contribution in [-0.4, -0.2) is 46.5 Å². The predicted molar refractivity (Wildman–Crippen MR) is 75.1 cm³/mol. The van der Waals surface area contributed by atoms with E-state index < -0.39 is 4.92 Å². The fourth-order valence-corrected chi connectivity index (χ4v) is 3.57. The van der Waals surface area contributed by atoms with Crippen LogP contribution in [0.15, 0.2) is 12.3 Å². The molecule has 7 heteroatoms. The average Bonchev–Trinajstić information content (AvgIpc) is 2.89. The van der Waals surface area contributed by atoms with Crippen LogP contribution >= 0.6 is 0 Å². The monoisotopic (exact) mass is 290 g/mol. The first-order valence-electron chi connectivity index (χ1n) is 7.49. The van der Waals surface area contributed by atoms with Gasteiger partial charge in [0.1, 0.15) is 5.69 Å². The van der Waals surface area contributed by atoms with E-state index in [4.69, 9.17) is 0 Å². The third-order valence-corrected chi connectivity index (χ3v) is 4.88. The number of hydrogen-bond donors (Lipinski definition) is 1. The van der Waals surface area contributed by atoms with Crippen LogP contribution in [0.5, 0.6) is 0 Å². The van der Waals surface area contributed by atoms with Crippen LogP contribution in [0.4, 0.5) is 5.69 Å². The minimum Gasteiger partial charge on any atom is -0.337 e. The van der Waals surface area contributed by atoms with E-state index in [1.165, 1.54) is 12.3 Å². The number of nitrogens with one attached hydrogen (secondary N) is 1. The Balaban J connectivity index is 1.60. The first kappa shape index (κ1) is 12.8. The largest absolute Gasteiger partial charge is 0.337 e. The number of nitrogens with zero attached hydrogens (tertiary/aromatic N) is 3. The van der Waals surface area contributed by atoms with Gasteiger partial charge in [-0.2, -0.15) is 0 Å². The van der Waals surface area contributed by atoms with Gasteiger partial charge in [0.05, 0.1) is 11.1 Å². The van der Waals surface area contributed by atoms with Crippen LogP contribution in [0, 0.1) is 22.0 Å². The van der Waals surface area contributed by atoms with Gasteiger partial charge in [0.2, 0.25) is 0 Å². The summed E-state index contributed by atoms with van der Waals surface area (Å²) in [6.07, 6.45) is 3.52. The summed E-state index contributed by atoms with van der Waals surface area (Å²) in [6, 6.07) is 1.70. The zero-order chi connectivity index (χ0) is 14.6. The topological polar surface area (TPSA) is 80.4 Å². The Morgan fingerprint density at radius 3 is 2.52 bits per heavy atom. The number of aromatic nitrogens is 1. The molecule has 0 spiro atoms. The summed E-state index contributed by atoms with van der Waals surface area (Å²) in [6.45, 7) is 3.47. The van der Waals surface area contributed by atoms with Gasteiger partial charge in [-0.1, -0.05) is 0 Å². The molecule has 2 saturated heterocycles. The van der Waals surface area contributed by atoms with Crippen LogP contribution in [-0.2, 0) is 0 Å². The van der Waals surface area contributed by atoms with E-state index in [9.17, 15) is 14.9 Å². The maximum Gasteiger partial charge on any atom is 0.287 e. The summed E-state index contributed by atoms with van der Waals surface area (Å²) >= 11 is 0. The molecular weight excluding hydrogens is 272 g/mol. The van der Waals surface area contributed by atoms with Crippen molar-refractivity contribution in [3.63, 3.8) is 0 Å². The Hall–Kier alpha value is -1.89. The summed E-state index contributed by atoms with van der Waals surface area (Å²) in [7, 11) is 0. The van der Waals surface area contributed by atoms with Crippen LogP contribution < -0.4 is 5.32 Å². The molecule has 1 aliphatic carbocycles. The number of likely N-dealkylation sites (tertiary alicyclic amines) is 1. The molecule has 1 amide bonds. The number of carbonyl (C=O) groups is 1. The molecule has 0 aromatic carbocycles. The Kier molecular flexibility index (Phi) is 2.78. The highest BCUT2D eigenvalue weighted by atomic mass is 16.6.